The van der Waals surface area contributed by atoms with Crippen LogP contribution in [-0.2, 0) is 0 Å². The van der Waals surface area contributed by atoms with Gasteiger partial charge in [0.2, 0.25) is 0 Å². The largest absolute Gasteiger partial charge is 0.397 e. The van der Waals surface area contributed by atoms with E-state index >= 15 is 0 Å². The summed E-state index contributed by atoms with van der Waals surface area (Å²) in [7, 11) is 0. The maximum absolute atomic E-state index is 13.2. The molecule has 5 heteroatoms. The van der Waals surface area contributed by atoms with Crippen molar-refractivity contribution in [1.82, 2.24) is 0 Å². The van der Waals surface area contributed by atoms with Crippen molar-refractivity contribution in [2.75, 3.05) is 24.2 Å². The Morgan fingerprint density at radius 1 is 1.31 bits per heavy atom. The Hall–Kier alpha value is -0.810. The highest BCUT2D eigenvalue weighted by atomic mass is 79.9. The number of aliphatic hydroxyl groups excluding tert-OH is 1. The molecular weight excluding hydrogens is 275 g/mol. The lowest BCUT2D eigenvalue weighted by atomic mass is 10.2. The Labute approximate surface area is 103 Å². The second-order valence-corrected chi connectivity index (χ2v) is 4.42. The Morgan fingerprint density at radius 2 is 2.06 bits per heavy atom. The third kappa shape index (κ3) is 3.98. The van der Waals surface area contributed by atoms with E-state index in [1.165, 1.54) is 6.07 Å². The van der Waals surface area contributed by atoms with E-state index < -0.39 is 0 Å². The van der Waals surface area contributed by atoms with Gasteiger partial charge in [0.25, 0.3) is 0 Å². The van der Waals surface area contributed by atoms with Crippen molar-refractivity contribution in [3.05, 3.63) is 22.4 Å². The Morgan fingerprint density at radius 3 is 2.75 bits per heavy atom. The molecule has 4 N–H and O–H groups in total. The summed E-state index contributed by atoms with van der Waals surface area (Å²) in [4.78, 5) is 0. The van der Waals surface area contributed by atoms with Gasteiger partial charge >= 0.3 is 0 Å². The zero-order chi connectivity index (χ0) is 12.0. The molecule has 0 spiro atoms. The summed E-state index contributed by atoms with van der Waals surface area (Å²) < 4.78 is 13.6. The zero-order valence-corrected chi connectivity index (χ0v) is 10.6. The van der Waals surface area contributed by atoms with Gasteiger partial charge in [-0.25, -0.2) is 4.39 Å². The van der Waals surface area contributed by atoms with Crippen molar-refractivity contribution < 1.29 is 9.50 Å². The van der Waals surface area contributed by atoms with Crippen molar-refractivity contribution in [1.29, 1.82) is 0 Å². The maximum atomic E-state index is 13.2. The summed E-state index contributed by atoms with van der Waals surface area (Å²) in [6, 6.07) is 2.93. The number of hydrogen-bond donors (Lipinski definition) is 3. The number of benzene rings is 1. The van der Waals surface area contributed by atoms with Crippen molar-refractivity contribution in [3.8, 4) is 0 Å². The highest BCUT2D eigenvalue weighted by molar-refractivity contribution is 9.10. The molecule has 0 radical (unpaired) electrons. The van der Waals surface area contributed by atoms with Crippen LogP contribution >= 0.6 is 15.9 Å². The molecule has 16 heavy (non-hydrogen) atoms. The molecule has 0 amide bonds. The molecule has 1 aromatic carbocycles. The Kier molecular flexibility index (Phi) is 5.55. The smallest absolute Gasteiger partial charge is 0.139 e. The number of halogens is 2. The zero-order valence-electron chi connectivity index (χ0n) is 8.97. The van der Waals surface area contributed by atoms with Crippen LogP contribution in [0.5, 0.6) is 0 Å². The van der Waals surface area contributed by atoms with Crippen LogP contribution in [0.2, 0.25) is 0 Å². The number of hydrogen-bond acceptors (Lipinski definition) is 3. The summed E-state index contributed by atoms with van der Waals surface area (Å²) in [5.41, 5.74) is 6.87. The normalized spacial score (nSPS) is 10.4. The van der Waals surface area contributed by atoms with Crippen LogP contribution in [0.1, 0.15) is 19.3 Å². The minimum Gasteiger partial charge on any atom is -0.397 e. The number of unbranched alkanes of at least 4 members (excludes halogenated alkanes) is 2. The van der Waals surface area contributed by atoms with Crippen LogP contribution in [0.15, 0.2) is 16.6 Å². The average Bonchev–Trinajstić information content (AvgIpc) is 2.25. The molecule has 0 saturated heterocycles. The molecule has 0 aliphatic rings. The van der Waals surface area contributed by atoms with E-state index in [1.807, 2.05) is 0 Å². The molecule has 0 aliphatic heterocycles. The van der Waals surface area contributed by atoms with E-state index in [-0.39, 0.29) is 12.4 Å². The third-order valence-electron chi connectivity index (χ3n) is 2.24. The fraction of sp³-hybridized carbons (Fsp3) is 0.455. The number of aliphatic hydroxyl groups is 1. The molecule has 0 bridgehead atoms. The van der Waals surface area contributed by atoms with Gasteiger partial charge in [0.15, 0.2) is 0 Å². The van der Waals surface area contributed by atoms with Gasteiger partial charge < -0.3 is 16.2 Å². The van der Waals surface area contributed by atoms with Crippen molar-refractivity contribution in [2.45, 2.75) is 19.3 Å². The molecule has 1 rings (SSSR count). The predicted octanol–water partition coefficient (Wildman–Crippen LogP) is 2.74. The van der Waals surface area contributed by atoms with Crippen LogP contribution in [0.3, 0.4) is 0 Å². The SMILES string of the molecule is Nc1cc(Br)c(F)cc1NCCCCCO. The molecular formula is C11H16BrFN2O. The minimum absolute atomic E-state index is 0.217. The van der Waals surface area contributed by atoms with Gasteiger partial charge in [0.05, 0.1) is 15.8 Å². The van der Waals surface area contributed by atoms with E-state index in [0.29, 0.717) is 15.8 Å². The van der Waals surface area contributed by atoms with E-state index in [1.54, 1.807) is 6.07 Å². The van der Waals surface area contributed by atoms with Gasteiger partial charge in [-0.15, -0.1) is 0 Å². The second kappa shape index (κ2) is 6.70. The summed E-state index contributed by atoms with van der Waals surface area (Å²) in [6.07, 6.45) is 2.67. The average molecular weight is 291 g/mol. The molecule has 0 aromatic heterocycles. The van der Waals surface area contributed by atoms with Crippen molar-refractivity contribution in [2.24, 2.45) is 0 Å². The summed E-state index contributed by atoms with van der Waals surface area (Å²) >= 11 is 3.07. The molecule has 0 heterocycles. The molecule has 3 nitrogen and oxygen atoms in total. The van der Waals surface area contributed by atoms with E-state index in [0.717, 1.165) is 25.8 Å². The first-order chi connectivity index (χ1) is 7.65. The van der Waals surface area contributed by atoms with E-state index in [4.69, 9.17) is 10.8 Å². The van der Waals surface area contributed by atoms with Gasteiger partial charge in [0.1, 0.15) is 5.82 Å². The number of nitrogen functional groups attached to an aromatic ring is 1. The predicted molar refractivity (Wildman–Crippen MR) is 67.9 cm³/mol. The molecule has 0 saturated carbocycles. The lowest BCUT2D eigenvalue weighted by molar-refractivity contribution is 0.283. The first kappa shape index (κ1) is 13.3. The molecule has 90 valence electrons. The maximum Gasteiger partial charge on any atom is 0.139 e. The van der Waals surface area contributed by atoms with Gasteiger partial charge in [-0.2, -0.15) is 0 Å². The van der Waals surface area contributed by atoms with Gasteiger partial charge in [-0.1, -0.05) is 0 Å². The Balaban J connectivity index is 2.45. The number of nitrogens with two attached hydrogens (primary N) is 1. The molecule has 0 atom stereocenters. The standard InChI is InChI=1S/C11H16BrFN2O/c12-8-6-10(14)11(7-9(8)13)15-4-2-1-3-5-16/h6-7,15-16H,1-5,14H2. The molecule has 0 unspecified atom stereocenters. The summed E-state index contributed by atoms with van der Waals surface area (Å²) in [5.74, 6) is -0.327. The first-order valence-corrected chi connectivity index (χ1v) is 6.03. The highest BCUT2D eigenvalue weighted by Crippen LogP contribution is 2.26. The fourth-order valence-electron chi connectivity index (χ4n) is 1.35. The molecule has 0 aliphatic carbocycles. The minimum atomic E-state index is -0.327. The summed E-state index contributed by atoms with van der Waals surface area (Å²) in [6.45, 7) is 0.945. The first-order valence-electron chi connectivity index (χ1n) is 5.24. The molecule has 1 aromatic rings. The fourth-order valence-corrected chi connectivity index (χ4v) is 1.71. The van der Waals surface area contributed by atoms with E-state index in [9.17, 15) is 4.39 Å². The number of nitrogens with one attached hydrogen (secondary N) is 1. The van der Waals surface area contributed by atoms with Crippen molar-refractivity contribution in [3.63, 3.8) is 0 Å². The van der Waals surface area contributed by atoms with E-state index in [2.05, 4.69) is 21.2 Å². The summed E-state index contributed by atoms with van der Waals surface area (Å²) in [5, 5.41) is 11.7. The van der Waals surface area contributed by atoms with Crippen LogP contribution < -0.4 is 11.1 Å². The monoisotopic (exact) mass is 290 g/mol. The van der Waals surface area contributed by atoms with Crippen molar-refractivity contribution >= 4 is 27.3 Å². The van der Waals surface area contributed by atoms with Gasteiger partial charge in [-0.05, 0) is 41.3 Å². The quantitative estimate of drug-likeness (QED) is 0.558. The lowest BCUT2D eigenvalue weighted by Crippen LogP contribution is -2.05. The second-order valence-electron chi connectivity index (χ2n) is 3.56. The van der Waals surface area contributed by atoms with Crippen LogP contribution in [0.4, 0.5) is 15.8 Å². The third-order valence-corrected chi connectivity index (χ3v) is 2.85. The number of anilines is 2. The Bertz CT molecular complexity index is 347. The highest BCUT2D eigenvalue weighted by Gasteiger charge is 2.05. The van der Waals surface area contributed by atoms with Crippen LogP contribution in [0.25, 0.3) is 0 Å². The van der Waals surface area contributed by atoms with Crippen LogP contribution in [0, 0.1) is 5.82 Å². The van der Waals surface area contributed by atoms with Crippen LogP contribution in [-0.4, -0.2) is 18.3 Å². The molecule has 0 fully saturated rings. The van der Waals surface area contributed by atoms with Gasteiger partial charge in [-0.3, -0.25) is 0 Å². The number of rotatable bonds is 6. The van der Waals surface area contributed by atoms with Gasteiger partial charge in [0, 0.05) is 19.2 Å². The topological polar surface area (TPSA) is 58.3 Å². The lowest BCUT2D eigenvalue weighted by Gasteiger charge is -2.10.